The Balaban J connectivity index is 1.19. The van der Waals surface area contributed by atoms with E-state index in [-0.39, 0.29) is 24.9 Å². The molecule has 2 aliphatic heterocycles. The number of fused-ring (bicyclic) bond motifs is 2. The minimum atomic E-state index is -0.406. The van der Waals surface area contributed by atoms with E-state index in [1.165, 1.54) is 142 Å². The van der Waals surface area contributed by atoms with E-state index in [0.29, 0.717) is 111 Å². The molecule has 0 fully saturated rings. The molecule has 0 saturated heterocycles. The van der Waals surface area contributed by atoms with Gasteiger partial charge in [-0.05, 0) is 160 Å². The molecule has 10 heteroatoms. The molecule has 0 saturated carbocycles. The van der Waals surface area contributed by atoms with Gasteiger partial charge in [-0.25, -0.2) is 0 Å². The number of benzene rings is 9. The van der Waals surface area contributed by atoms with Crippen molar-refractivity contribution in [3.8, 4) is 46.0 Å². The Morgan fingerprint density at radius 2 is 0.529 bits per heavy atom. The van der Waals surface area contributed by atoms with E-state index in [2.05, 4.69) is 84.9 Å². The Kier molecular flexibility index (Phi) is 27.0. The first-order valence-electron chi connectivity index (χ1n) is 40.0. The van der Waals surface area contributed by atoms with Crippen LogP contribution in [-0.2, 0) is 19.3 Å². The van der Waals surface area contributed by atoms with E-state index in [0.717, 1.165) is 95.5 Å². The van der Waals surface area contributed by atoms with E-state index in [1.54, 1.807) is 0 Å². The molecule has 9 aromatic carbocycles. The summed E-state index contributed by atoms with van der Waals surface area (Å²) < 4.78 is 29.6. The summed E-state index contributed by atoms with van der Waals surface area (Å²) in [6, 6.07) is 40.1. The summed E-state index contributed by atoms with van der Waals surface area (Å²) in [7, 11) is 0. The van der Waals surface area contributed by atoms with Crippen molar-refractivity contribution in [1.82, 2.24) is 9.80 Å². The number of unbranched alkanes of at least 4 members (excludes halogenated alkanes) is 20. The van der Waals surface area contributed by atoms with Gasteiger partial charge in [-0.15, -0.1) is 0 Å². The molecule has 0 aromatic heterocycles. The second-order valence-electron chi connectivity index (χ2n) is 29.7. The first-order valence-corrected chi connectivity index (χ1v) is 40.0. The SMILES string of the molecule is CCCCCCCCCc1ccc(Oc2cc3c4c(cc(Oc5ccc(C)cc5)c5c6c(Oc7ccc(CCCCCCCCC)cc7)cc7c8c(cc(Oc9ccc(CCCCCCCCC)cc9)c(c2c45)c86)C(=O)N(CC(CC)CCCC)C7=O)C(=O)N(CC(CC)CCCC)C3=O)cc1. The molecule has 2 heterocycles. The first-order chi connectivity index (χ1) is 49.9. The number of carbonyl (C=O) groups is 4. The fraction of sp³-hybridized carbons (Fsp3) is 0.478. The van der Waals surface area contributed by atoms with Crippen LogP contribution in [0.25, 0.3) is 43.1 Å². The molecule has 540 valence electrons. The monoisotopic (exact) mass is 1370 g/mol. The lowest BCUT2D eigenvalue weighted by atomic mass is 9.80. The minimum Gasteiger partial charge on any atom is -0.457 e. The lowest BCUT2D eigenvalue weighted by molar-refractivity contribution is 0.0565. The van der Waals surface area contributed by atoms with Gasteiger partial charge >= 0.3 is 0 Å². The topological polar surface area (TPSA) is 112 Å². The number of amides is 4. The van der Waals surface area contributed by atoms with Crippen molar-refractivity contribution in [3.05, 3.63) is 166 Å². The standard InChI is InChI=1S/C92H114N2O8/c1-9-16-21-24-27-30-33-38-66-43-51-70(52-44-66)100-78-58-75-82-76(92(98)94(91(75)97)62-65(15-7)37-20-13-5)60-80(102-72-55-47-68(48-56-72)40-35-32-29-26-23-18-11-3)86-85-79(101-71-53-45-67(46-54-71)39-34-31-28-25-22-17-10-2)59-74-81-73(89(95)93(90(74)96)61-64(14-6)36-19-12-4)57-77(83(87(81)85)84(78)88(82)86)99-69-49-41-63(8)42-50-69/h41-60,64-65H,9-40,61-62H2,1-8H3. The number of nitrogens with zero attached hydrogens (tertiary/aromatic N) is 2. The zero-order valence-corrected chi connectivity index (χ0v) is 62.9. The van der Waals surface area contributed by atoms with Crippen molar-refractivity contribution in [2.75, 3.05) is 13.1 Å². The van der Waals surface area contributed by atoms with Gasteiger partial charge in [-0.3, -0.25) is 29.0 Å². The zero-order chi connectivity index (χ0) is 71.5. The molecule has 4 amide bonds. The third kappa shape index (κ3) is 17.7. The van der Waals surface area contributed by atoms with Crippen molar-refractivity contribution >= 4 is 66.7 Å². The van der Waals surface area contributed by atoms with Crippen molar-refractivity contribution in [2.24, 2.45) is 11.8 Å². The third-order valence-electron chi connectivity index (χ3n) is 21.9. The number of ether oxygens (including phenoxy) is 4. The van der Waals surface area contributed by atoms with Gasteiger partial charge in [-0.2, -0.15) is 0 Å². The number of carbonyl (C=O) groups excluding carboxylic acids is 4. The Morgan fingerprint density at radius 3 is 0.784 bits per heavy atom. The summed E-state index contributed by atoms with van der Waals surface area (Å²) in [5, 5.41) is 4.11. The predicted molar refractivity (Wildman–Crippen MR) is 421 cm³/mol. The molecule has 2 unspecified atom stereocenters. The molecule has 102 heavy (non-hydrogen) atoms. The molecular formula is C92H114N2O8. The maximum atomic E-state index is 16.0. The summed E-state index contributed by atoms with van der Waals surface area (Å²) in [4.78, 5) is 66.9. The Bertz CT molecular complexity index is 4240. The smallest absolute Gasteiger partial charge is 0.261 e. The van der Waals surface area contributed by atoms with Crippen LogP contribution in [0.15, 0.2) is 121 Å². The van der Waals surface area contributed by atoms with Crippen molar-refractivity contribution in [3.63, 3.8) is 0 Å². The molecule has 11 rings (SSSR count). The Hall–Kier alpha value is -8.24. The predicted octanol–water partition coefficient (Wildman–Crippen LogP) is 26.7. The van der Waals surface area contributed by atoms with E-state index in [9.17, 15) is 0 Å². The quantitative estimate of drug-likeness (QED) is 0.0161. The van der Waals surface area contributed by atoms with E-state index in [4.69, 9.17) is 18.9 Å². The summed E-state index contributed by atoms with van der Waals surface area (Å²) in [6.07, 6.45) is 35.7. The van der Waals surface area contributed by atoms with Crippen LogP contribution >= 0.6 is 0 Å². The maximum Gasteiger partial charge on any atom is 0.261 e. The van der Waals surface area contributed by atoms with Gasteiger partial charge in [0.25, 0.3) is 23.6 Å². The number of imide groups is 2. The van der Waals surface area contributed by atoms with Crippen LogP contribution in [-0.4, -0.2) is 46.5 Å². The van der Waals surface area contributed by atoms with Crippen LogP contribution in [0.4, 0.5) is 0 Å². The lowest BCUT2D eigenvalue weighted by Gasteiger charge is -2.34. The summed E-state index contributed by atoms with van der Waals surface area (Å²) >= 11 is 0. The van der Waals surface area contributed by atoms with Crippen LogP contribution in [0.5, 0.6) is 46.0 Å². The number of hydrogen-bond donors (Lipinski definition) is 0. The highest BCUT2D eigenvalue weighted by molar-refractivity contribution is 6.44. The summed E-state index contributed by atoms with van der Waals surface area (Å²) in [5.41, 5.74) is 5.96. The van der Waals surface area contributed by atoms with Crippen molar-refractivity contribution in [1.29, 1.82) is 0 Å². The maximum absolute atomic E-state index is 16.0. The Labute approximate surface area is 608 Å². The van der Waals surface area contributed by atoms with Gasteiger partial charge in [0, 0.05) is 56.2 Å². The number of hydrogen-bond acceptors (Lipinski definition) is 8. The third-order valence-corrected chi connectivity index (χ3v) is 21.9. The molecule has 2 aliphatic rings. The van der Waals surface area contributed by atoms with Gasteiger partial charge in [-0.1, -0.05) is 257 Å². The average molecular weight is 1380 g/mol. The van der Waals surface area contributed by atoms with Crippen molar-refractivity contribution < 1.29 is 38.1 Å². The average Bonchev–Trinajstić information content (AvgIpc) is 0.674. The molecule has 0 N–H and O–H groups in total. The molecule has 0 radical (unpaired) electrons. The molecule has 10 nitrogen and oxygen atoms in total. The second-order valence-corrected chi connectivity index (χ2v) is 29.7. The molecule has 9 aromatic rings. The summed E-state index contributed by atoms with van der Waals surface area (Å²) in [6.45, 7) is 17.9. The van der Waals surface area contributed by atoms with Crippen LogP contribution in [0, 0.1) is 18.8 Å². The molecule has 0 aliphatic carbocycles. The van der Waals surface area contributed by atoms with E-state index >= 15 is 19.2 Å². The number of rotatable bonds is 44. The van der Waals surface area contributed by atoms with Gasteiger partial charge in [0.1, 0.15) is 46.0 Å². The lowest BCUT2D eigenvalue weighted by Crippen LogP contribution is -2.43. The van der Waals surface area contributed by atoms with E-state index in [1.807, 2.05) is 91.9 Å². The molecule has 0 bridgehead atoms. The number of aryl methyl sites for hydroxylation is 4. The highest BCUT2D eigenvalue weighted by Crippen LogP contribution is 2.58. The molecule has 0 spiro atoms. The van der Waals surface area contributed by atoms with Gasteiger partial charge in [0.05, 0.1) is 22.3 Å². The van der Waals surface area contributed by atoms with Crippen LogP contribution in [0.2, 0.25) is 0 Å². The first kappa shape index (κ1) is 74.9. The van der Waals surface area contributed by atoms with Gasteiger partial charge < -0.3 is 18.9 Å². The minimum absolute atomic E-state index is 0.0745. The highest BCUT2D eigenvalue weighted by atomic mass is 16.5. The second kappa shape index (κ2) is 36.8. The fourth-order valence-electron chi connectivity index (χ4n) is 15.8. The normalized spacial score (nSPS) is 13.6. The van der Waals surface area contributed by atoms with Crippen LogP contribution in [0.3, 0.4) is 0 Å². The highest BCUT2D eigenvalue weighted by Gasteiger charge is 2.42. The zero-order valence-electron chi connectivity index (χ0n) is 62.9. The molecule has 2 atom stereocenters. The van der Waals surface area contributed by atoms with Gasteiger partial charge in [0.2, 0.25) is 0 Å². The summed E-state index contributed by atoms with van der Waals surface area (Å²) in [5.74, 6) is 2.08. The van der Waals surface area contributed by atoms with Crippen LogP contribution < -0.4 is 18.9 Å². The van der Waals surface area contributed by atoms with Crippen molar-refractivity contribution in [2.45, 2.75) is 261 Å². The molecular weight excluding hydrogens is 1260 g/mol. The fourth-order valence-corrected chi connectivity index (χ4v) is 15.8. The van der Waals surface area contributed by atoms with Gasteiger partial charge in [0.15, 0.2) is 0 Å². The largest absolute Gasteiger partial charge is 0.457 e. The van der Waals surface area contributed by atoms with E-state index < -0.39 is 23.6 Å². The van der Waals surface area contributed by atoms with Crippen LogP contribution in [0.1, 0.15) is 298 Å². The Morgan fingerprint density at radius 1 is 0.284 bits per heavy atom.